The van der Waals surface area contributed by atoms with E-state index in [1.807, 2.05) is 12.1 Å². The molecule has 0 bridgehead atoms. The Morgan fingerprint density at radius 2 is 0.864 bits per heavy atom. The molecule has 276 valence electrons. The molecule has 12 rings (SSSR count). The number of hydrogen-bond acceptors (Lipinski definition) is 2. The summed E-state index contributed by atoms with van der Waals surface area (Å²) < 4.78 is 6.15. The van der Waals surface area contributed by atoms with Gasteiger partial charge in [0.15, 0.2) is 0 Å². The molecule has 11 aromatic rings. The van der Waals surface area contributed by atoms with Crippen LogP contribution in [0.2, 0.25) is 0 Å². The highest BCUT2D eigenvalue weighted by molar-refractivity contribution is 6.09. The summed E-state index contributed by atoms with van der Waals surface area (Å²) in [4.78, 5) is 2.39. The largest absolute Gasteiger partial charge is 0.456 e. The van der Waals surface area contributed by atoms with Crippen LogP contribution in [0.25, 0.3) is 65.7 Å². The maximum Gasteiger partial charge on any atom is 0.135 e. The van der Waals surface area contributed by atoms with Crippen LogP contribution >= 0.6 is 0 Å². The first-order chi connectivity index (χ1) is 29.2. The molecule has 0 atom stereocenters. The zero-order chi connectivity index (χ0) is 38.9. The lowest BCUT2D eigenvalue weighted by atomic mass is 9.68. The number of fused-ring (bicyclic) bond motifs is 9. The van der Waals surface area contributed by atoms with E-state index in [0.29, 0.717) is 0 Å². The Bertz CT molecular complexity index is 3330. The van der Waals surface area contributed by atoms with Crippen LogP contribution in [0.5, 0.6) is 0 Å². The molecule has 0 amide bonds. The number of nitrogens with zero attached hydrogens (tertiary/aromatic N) is 1. The minimum Gasteiger partial charge on any atom is -0.456 e. The average molecular weight is 752 g/mol. The summed E-state index contributed by atoms with van der Waals surface area (Å²) in [5.41, 5.74) is 14.7. The molecule has 0 N–H and O–H groups in total. The van der Waals surface area contributed by atoms with E-state index in [2.05, 4.69) is 217 Å². The lowest BCUT2D eigenvalue weighted by Crippen LogP contribution is -2.28. The normalized spacial score (nSPS) is 12.9. The standard InChI is InChI=1S/C57H37NO/c1-2-13-42(14-3-1)57(53-19-9-6-16-49(53)50-17-7-10-20-54(50)57)43-27-31-45(32-28-43)58(46-33-34-48-41(36-46)23-22-39-12-4-5-15-47(39)48)44-29-24-38(25-30-44)40-26-35-56-52(37-40)51-18-8-11-21-55(51)59-56/h1-37H. The summed E-state index contributed by atoms with van der Waals surface area (Å²) in [6, 6.07) is 81.9. The molecule has 1 heterocycles. The summed E-state index contributed by atoms with van der Waals surface area (Å²) in [7, 11) is 0. The van der Waals surface area contributed by atoms with Crippen molar-refractivity contribution in [1.82, 2.24) is 0 Å². The van der Waals surface area contributed by atoms with Crippen LogP contribution in [0.3, 0.4) is 0 Å². The van der Waals surface area contributed by atoms with Crippen molar-refractivity contribution >= 4 is 60.5 Å². The Labute approximate surface area is 342 Å². The molecule has 2 heteroatoms. The molecular weight excluding hydrogens is 715 g/mol. The van der Waals surface area contributed by atoms with Gasteiger partial charge in [-0.25, -0.2) is 0 Å². The van der Waals surface area contributed by atoms with E-state index < -0.39 is 5.41 Å². The lowest BCUT2D eigenvalue weighted by Gasteiger charge is -2.34. The molecule has 0 aliphatic heterocycles. The summed E-state index contributed by atoms with van der Waals surface area (Å²) >= 11 is 0. The Morgan fingerprint density at radius 3 is 1.63 bits per heavy atom. The van der Waals surface area contributed by atoms with Crippen molar-refractivity contribution in [2.75, 3.05) is 4.90 Å². The minimum atomic E-state index is -0.453. The Balaban J connectivity index is 1.01. The molecule has 0 fully saturated rings. The monoisotopic (exact) mass is 751 g/mol. The summed E-state index contributed by atoms with van der Waals surface area (Å²) in [5, 5.41) is 7.25. The van der Waals surface area contributed by atoms with Gasteiger partial charge < -0.3 is 9.32 Å². The van der Waals surface area contributed by atoms with Gasteiger partial charge in [-0.15, -0.1) is 0 Å². The van der Waals surface area contributed by atoms with E-state index in [1.165, 1.54) is 54.9 Å². The third-order valence-corrected chi connectivity index (χ3v) is 12.5. The van der Waals surface area contributed by atoms with Crippen molar-refractivity contribution in [1.29, 1.82) is 0 Å². The smallest absolute Gasteiger partial charge is 0.135 e. The highest BCUT2D eigenvalue weighted by Gasteiger charge is 2.45. The number of rotatable bonds is 6. The third-order valence-electron chi connectivity index (χ3n) is 12.5. The molecule has 0 unspecified atom stereocenters. The van der Waals surface area contributed by atoms with Gasteiger partial charge in [0.2, 0.25) is 0 Å². The second kappa shape index (κ2) is 13.2. The van der Waals surface area contributed by atoms with E-state index in [9.17, 15) is 0 Å². The van der Waals surface area contributed by atoms with Crippen molar-refractivity contribution < 1.29 is 4.42 Å². The number of para-hydroxylation sites is 1. The molecule has 2 nitrogen and oxygen atoms in total. The second-order valence-corrected chi connectivity index (χ2v) is 15.6. The molecule has 1 aliphatic carbocycles. The first kappa shape index (κ1) is 33.5. The van der Waals surface area contributed by atoms with Gasteiger partial charge in [0.1, 0.15) is 11.2 Å². The van der Waals surface area contributed by atoms with Crippen LogP contribution in [-0.4, -0.2) is 0 Å². The highest BCUT2D eigenvalue weighted by atomic mass is 16.3. The van der Waals surface area contributed by atoms with E-state index in [1.54, 1.807) is 0 Å². The quantitative estimate of drug-likeness (QED) is 0.157. The van der Waals surface area contributed by atoms with E-state index in [4.69, 9.17) is 4.42 Å². The zero-order valence-corrected chi connectivity index (χ0v) is 32.2. The third kappa shape index (κ3) is 5.13. The second-order valence-electron chi connectivity index (χ2n) is 15.6. The molecule has 59 heavy (non-hydrogen) atoms. The zero-order valence-electron chi connectivity index (χ0n) is 32.2. The number of furan rings is 1. The molecular formula is C57H37NO. The van der Waals surface area contributed by atoms with Crippen molar-refractivity contribution in [2.45, 2.75) is 5.41 Å². The average Bonchev–Trinajstić information content (AvgIpc) is 3.83. The molecule has 0 radical (unpaired) electrons. The Morgan fingerprint density at radius 1 is 0.322 bits per heavy atom. The van der Waals surface area contributed by atoms with Crippen LogP contribution < -0.4 is 4.90 Å². The summed E-state index contributed by atoms with van der Waals surface area (Å²) in [5.74, 6) is 0. The molecule has 0 saturated carbocycles. The van der Waals surface area contributed by atoms with Gasteiger partial charge in [0.05, 0.1) is 5.41 Å². The lowest BCUT2D eigenvalue weighted by molar-refractivity contribution is 0.669. The molecule has 1 aromatic heterocycles. The van der Waals surface area contributed by atoms with Crippen LogP contribution in [0, 0.1) is 0 Å². The van der Waals surface area contributed by atoms with E-state index in [0.717, 1.165) is 50.1 Å². The van der Waals surface area contributed by atoms with Crippen molar-refractivity contribution in [3.8, 4) is 22.3 Å². The topological polar surface area (TPSA) is 16.4 Å². The van der Waals surface area contributed by atoms with Crippen LogP contribution in [0.4, 0.5) is 17.1 Å². The highest BCUT2D eigenvalue weighted by Crippen LogP contribution is 2.56. The molecule has 0 saturated heterocycles. The molecule has 0 spiro atoms. The van der Waals surface area contributed by atoms with E-state index in [-0.39, 0.29) is 0 Å². The van der Waals surface area contributed by atoms with Gasteiger partial charge in [-0.1, -0.05) is 170 Å². The first-order valence-electron chi connectivity index (χ1n) is 20.3. The fourth-order valence-electron chi connectivity index (χ4n) is 9.87. The fourth-order valence-corrected chi connectivity index (χ4v) is 9.87. The minimum absolute atomic E-state index is 0.453. The first-order valence-corrected chi connectivity index (χ1v) is 20.3. The Kier molecular flexibility index (Phi) is 7.48. The summed E-state index contributed by atoms with van der Waals surface area (Å²) in [6.45, 7) is 0. The maximum atomic E-state index is 6.15. The number of hydrogen-bond donors (Lipinski definition) is 0. The fraction of sp³-hybridized carbons (Fsp3) is 0.0175. The summed E-state index contributed by atoms with van der Waals surface area (Å²) in [6.07, 6.45) is 0. The van der Waals surface area contributed by atoms with Gasteiger partial charge in [0.25, 0.3) is 0 Å². The van der Waals surface area contributed by atoms with Crippen LogP contribution in [0.1, 0.15) is 22.3 Å². The van der Waals surface area contributed by atoms with Crippen molar-refractivity contribution in [3.63, 3.8) is 0 Å². The number of anilines is 3. The predicted octanol–water partition coefficient (Wildman–Crippen LogP) is 15.4. The predicted molar refractivity (Wildman–Crippen MR) is 246 cm³/mol. The SMILES string of the molecule is c1ccc(C2(c3ccc(N(c4ccc(-c5ccc6oc7ccccc7c6c5)cc4)c4ccc5c(ccc6ccccc65)c4)cc3)c3ccccc3-c3ccccc32)cc1. The van der Waals surface area contributed by atoms with Gasteiger partial charge >= 0.3 is 0 Å². The van der Waals surface area contributed by atoms with Gasteiger partial charge in [-0.05, 0) is 121 Å². The van der Waals surface area contributed by atoms with E-state index >= 15 is 0 Å². The Hall–Kier alpha value is -7.68. The molecule has 1 aliphatic rings. The number of benzene rings is 10. The van der Waals surface area contributed by atoms with Gasteiger partial charge in [-0.2, -0.15) is 0 Å². The maximum absolute atomic E-state index is 6.15. The van der Waals surface area contributed by atoms with Gasteiger partial charge in [-0.3, -0.25) is 0 Å². The molecule has 10 aromatic carbocycles. The van der Waals surface area contributed by atoms with Crippen molar-refractivity contribution in [2.24, 2.45) is 0 Å². The van der Waals surface area contributed by atoms with Gasteiger partial charge in [0, 0.05) is 27.8 Å². The van der Waals surface area contributed by atoms with Crippen LogP contribution in [0.15, 0.2) is 229 Å². The van der Waals surface area contributed by atoms with Crippen molar-refractivity contribution in [3.05, 3.63) is 247 Å². The van der Waals surface area contributed by atoms with Crippen LogP contribution in [-0.2, 0) is 5.41 Å².